The van der Waals surface area contributed by atoms with Gasteiger partial charge in [-0.25, -0.2) is 4.39 Å². The van der Waals surface area contributed by atoms with Crippen LogP contribution in [0.25, 0.3) is 0 Å². The van der Waals surface area contributed by atoms with E-state index in [0.717, 1.165) is 0 Å². The Bertz CT molecular complexity index is 577. The van der Waals surface area contributed by atoms with E-state index in [4.69, 9.17) is 4.74 Å². The summed E-state index contributed by atoms with van der Waals surface area (Å²) in [4.78, 5) is 25.7. The van der Waals surface area contributed by atoms with Crippen LogP contribution >= 0.6 is 0 Å². The van der Waals surface area contributed by atoms with E-state index in [0.29, 0.717) is 18.6 Å². The number of rotatable bonds is 6. The second-order valence-electron chi connectivity index (χ2n) is 5.91. The predicted octanol–water partition coefficient (Wildman–Crippen LogP) is 2.62. The van der Waals surface area contributed by atoms with E-state index in [1.54, 1.807) is 24.1 Å². The van der Waals surface area contributed by atoms with Gasteiger partial charge in [-0.05, 0) is 37.5 Å². The van der Waals surface area contributed by atoms with Crippen LogP contribution in [-0.2, 0) is 14.3 Å². The fourth-order valence-electron chi connectivity index (χ4n) is 3.20. The number of carboxylic acids is 1. The molecule has 0 aliphatic carbocycles. The van der Waals surface area contributed by atoms with Crippen molar-refractivity contribution < 1.29 is 23.8 Å². The van der Waals surface area contributed by atoms with Gasteiger partial charge in [-0.15, -0.1) is 0 Å². The molecule has 3 atom stereocenters. The van der Waals surface area contributed by atoms with E-state index in [-0.39, 0.29) is 24.8 Å². The topological polar surface area (TPSA) is 66.8 Å². The molecule has 0 aromatic heterocycles. The molecule has 2 rings (SSSR count). The van der Waals surface area contributed by atoms with Gasteiger partial charge in [-0.2, -0.15) is 0 Å². The molecule has 1 aromatic carbocycles. The van der Waals surface area contributed by atoms with Crippen molar-refractivity contribution in [2.24, 2.45) is 5.92 Å². The van der Waals surface area contributed by atoms with Gasteiger partial charge in [0.1, 0.15) is 5.82 Å². The van der Waals surface area contributed by atoms with Crippen molar-refractivity contribution in [2.75, 3.05) is 13.7 Å². The highest BCUT2D eigenvalue weighted by Crippen LogP contribution is 2.39. The molecule has 1 aliphatic rings. The van der Waals surface area contributed by atoms with Gasteiger partial charge in [0.05, 0.1) is 12.0 Å². The third kappa shape index (κ3) is 3.88. The van der Waals surface area contributed by atoms with E-state index < -0.39 is 23.7 Å². The number of hydrogen-bond donors (Lipinski definition) is 1. The number of hydrogen-bond acceptors (Lipinski definition) is 3. The first-order valence-electron chi connectivity index (χ1n) is 7.74. The van der Waals surface area contributed by atoms with Crippen LogP contribution < -0.4 is 0 Å². The van der Waals surface area contributed by atoms with Crippen molar-refractivity contribution in [2.45, 2.75) is 38.3 Å². The maximum absolute atomic E-state index is 13.6. The number of carbonyl (C=O) groups is 2. The van der Waals surface area contributed by atoms with Crippen molar-refractivity contribution >= 4 is 11.9 Å². The zero-order valence-corrected chi connectivity index (χ0v) is 13.4. The minimum Gasteiger partial charge on any atom is -0.481 e. The molecule has 1 aromatic rings. The van der Waals surface area contributed by atoms with Gasteiger partial charge >= 0.3 is 5.97 Å². The molecule has 5 nitrogen and oxygen atoms in total. The van der Waals surface area contributed by atoms with E-state index in [1.807, 2.05) is 6.92 Å². The molecule has 6 heteroatoms. The van der Waals surface area contributed by atoms with Crippen LogP contribution in [0.1, 0.15) is 37.8 Å². The number of nitrogens with zero attached hydrogens (tertiary/aromatic N) is 1. The number of methoxy groups -OCH3 is 1. The lowest BCUT2D eigenvalue weighted by atomic mass is 9.83. The Balaban J connectivity index is 2.40. The van der Waals surface area contributed by atoms with Gasteiger partial charge in [0.15, 0.2) is 0 Å². The lowest BCUT2D eigenvalue weighted by molar-refractivity contribution is -0.154. The maximum atomic E-state index is 13.6. The van der Waals surface area contributed by atoms with Crippen molar-refractivity contribution in [3.05, 3.63) is 35.6 Å². The summed E-state index contributed by atoms with van der Waals surface area (Å²) in [6.45, 7) is 2.34. The molecule has 1 saturated heterocycles. The fraction of sp³-hybridized carbons (Fsp3) is 0.529. The Morgan fingerprint density at radius 1 is 1.52 bits per heavy atom. The van der Waals surface area contributed by atoms with Crippen molar-refractivity contribution in [1.29, 1.82) is 0 Å². The average Bonchev–Trinajstić information content (AvgIpc) is 2.51. The Labute approximate surface area is 135 Å². The van der Waals surface area contributed by atoms with Crippen LogP contribution in [-0.4, -0.2) is 41.6 Å². The second kappa shape index (κ2) is 7.55. The molecule has 1 N–H and O–H groups in total. The first-order valence-corrected chi connectivity index (χ1v) is 7.74. The highest BCUT2D eigenvalue weighted by Gasteiger charge is 2.42. The minimum absolute atomic E-state index is 0.0969. The third-order valence-corrected chi connectivity index (χ3v) is 4.36. The lowest BCUT2D eigenvalue weighted by Gasteiger charge is -2.43. The van der Waals surface area contributed by atoms with Crippen molar-refractivity contribution in [1.82, 2.24) is 4.90 Å². The summed E-state index contributed by atoms with van der Waals surface area (Å²) in [6, 6.07) is 5.01. The molecule has 126 valence electrons. The molecular formula is C17H22FNO4. The largest absolute Gasteiger partial charge is 0.481 e. The normalized spacial score (nSPS) is 22.9. The summed E-state index contributed by atoms with van der Waals surface area (Å²) in [6.07, 6.45) is 1.06. The van der Waals surface area contributed by atoms with E-state index >= 15 is 0 Å². The fourth-order valence-corrected chi connectivity index (χ4v) is 3.20. The summed E-state index contributed by atoms with van der Waals surface area (Å²) in [5.41, 5.74) is 0.523. The molecule has 0 spiro atoms. The van der Waals surface area contributed by atoms with E-state index in [1.165, 1.54) is 12.1 Å². The number of piperidine rings is 1. The van der Waals surface area contributed by atoms with Gasteiger partial charge in [-0.1, -0.05) is 12.1 Å². The molecule has 23 heavy (non-hydrogen) atoms. The summed E-state index contributed by atoms with van der Waals surface area (Å²) in [7, 11) is 1.58. The number of carbonyl (C=O) groups excluding carboxylic acids is 1. The number of likely N-dealkylation sites (tertiary alicyclic amines) is 1. The first kappa shape index (κ1) is 17.4. The average molecular weight is 323 g/mol. The Hall–Kier alpha value is -1.95. The van der Waals surface area contributed by atoms with Crippen LogP contribution in [0.4, 0.5) is 4.39 Å². The molecule has 0 radical (unpaired) electrons. The van der Waals surface area contributed by atoms with Crippen LogP contribution in [0.2, 0.25) is 0 Å². The lowest BCUT2D eigenvalue weighted by Crippen LogP contribution is -2.49. The number of amides is 1. The van der Waals surface area contributed by atoms with Gasteiger partial charge < -0.3 is 14.7 Å². The molecule has 1 amide bonds. The molecular weight excluding hydrogens is 301 g/mol. The monoisotopic (exact) mass is 323 g/mol. The third-order valence-electron chi connectivity index (χ3n) is 4.36. The van der Waals surface area contributed by atoms with Gasteiger partial charge in [-0.3, -0.25) is 9.59 Å². The zero-order valence-electron chi connectivity index (χ0n) is 13.4. The van der Waals surface area contributed by atoms with Crippen LogP contribution in [0.3, 0.4) is 0 Å². The Kier molecular flexibility index (Phi) is 5.71. The number of halogens is 1. The number of benzene rings is 1. The predicted molar refractivity (Wildman–Crippen MR) is 82.3 cm³/mol. The number of carboxylic acid groups (broad SMARTS) is 1. The molecule has 0 saturated carbocycles. The number of ether oxygens (including phenoxy) is 1. The van der Waals surface area contributed by atoms with Gasteiger partial charge in [0.25, 0.3) is 0 Å². The summed E-state index contributed by atoms with van der Waals surface area (Å²) >= 11 is 0. The molecule has 0 unspecified atom stereocenters. The summed E-state index contributed by atoms with van der Waals surface area (Å²) in [5, 5.41) is 9.54. The zero-order chi connectivity index (χ0) is 17.0. The van der Waals surface area contributed by atoms with Crippen LogP contribution in [0.15, 0.2) is 24.3 Å². The van der Waals surface area contributed by atoms with E-state index in [9.17, 15) is 19.1 Å². The Morgan fingerprint density at radius 3 is 2.87 bits per heavy atom. The van der Waals surface area contributed by atoms with Crippen LogP contribution in [0.5, 0.6) is 0 Å². The molecule has 0 bridgehead atoms. The maximum Gasteiger partial charge on any atom is 0.308 e. The van der Waals surface area contributed by atoms with Gasteiger partial charge in [0.2, 0.25) is 5.91 Å². The minimum atomic E-state index is -0.962. The van der Waals surface area contributed by atoms with Crippen molar-refractivity contribution in [3.63, 3.8) is 0 Å². The van der Waals surface area contributed by atoms with Crippen LogP contribution in [0, 0.1) is 11.7 Å². The van der Waals surface area contributed by atoms with Crippen molar-refractivity contribution in [3.8, 4) is 0 Å². The highest BCUT2D eigenvalue weighted by molar-refractivity contribution is 5.82. The molecule has 1 heterocycles. The molecule has 1 aliphatic heterocycles. The standard InChI is InChI=1S/C17H22FNO4/c1-11(8-9-23-2)19-15(20)7-6-14(17(21)22)16(19)12-4-3-5-13(18)10-12/h3-5,10-11,14,16H,6-9H2,1-2H3,(H,21,22)/t11-,14+,16-/m0/s1. The first-order chi connectivity index (χ1) is 11.0. The van der Waals surface area contributed by atoms with Gasteiger partial charge in [0, 0.05) is 26.2 Å². The Morgan fingerprint density at radius 2 is 2.26 bits per heavy atom. The molecule has 1 fully saturated rings. The summed E-state index contributed by atoms with van der Waals surface area (Å²) in [5.74, 6) is -2.23. The highest BCUT2D eigenvalue weighted by atomic mass is 19.1. The number of aliphatic carboxylic acids is 1. The smallest absolute Gasteiger partial charge is 0.308 e. The second-order valence-corrected chi connectivity index (χ2v) is 5.91. The SMILES string of the molecule is COCC[C@H](C)N1C(=O)CC[C@@H](C(=O)O)[C@@H]1c1cccc(F)c1. The quantitative estimate of drug-likeness (QED) is 0.874. The van der Waals surface area contributed by atoms with E-state index in [2.05, 4.69) is 0 Å². The summed E-state index contributed by atoms with van der Waals surface area (Å²) < 4.78 is 18.7.